The van der Waals surface area contributed by atoms with Crippen LogP contribution in [0.2, 0.25) is 0 Å². The predicted molar refractivity (Wildman–Crippen MR) is 100 cm³/mol. The van der Waals surface area contributed by atoms with Crippen LogP contribution in [0.5, 0.6) is 5.75 Å². The molecule has 6 nitrogen and oxygen atoms in total. The Labute approximate surface area is 149 Å². The number of rotatable bonds is 6. The van der Waals surface area contributed by atoms with Gasteiger partial charge in [-0.3, -0.25) is 10.1 Å². The van der Waals surface area contributed by atoms with Gasteiger partial charge in [-0.15, -0.1) is 11.8 Å². The molecule has 0 aliphatic carbocycles. The van der Waals surface area contributed by atoms with Crippen molar-refractivity contribution >= 4 is 34.0 Å². The second kappa shape index (κ2) is 7.40. The van der Waals surface area contributed by atoms with E-state index >= 15 is 0 Å². The van der Waals surface area contributed by atoms with Crippen LogP contribution in [0.4, 0.5) is 11.4 Å². The molecule has 0 radical (unpaired) electrons. The highest BCUT2D eigenvalue weighted by Gasteiger charge is 2.19. The van der Waals surface area contributed by atoms with Crippen molar-refractivity contribution in [3.8, 4) is 5.75 Å². The molecule has 0 aliphatic heterocycles. The summed E-state index contributed by atoms with van der Waals surface area (Å²) in [7, 11) is 1.55. The normalized spacial score (nSPS) is 10.6. The molecule has 25 heavy (non-hydrogen) atoms. The maximum Gasteiger partial charge on any atom is 0.311 e. The molecular weight excluding hydrogens is 338 g/mol. The van der Waals surface area contributed by atoms with Crippen molar-refractivity contribution in [1.82, 2.24) is 4.98 Å². The number of pyridine rings is 1. The second-order valence-corrected chi connectivity index (χ2v) is 6.21. The van der Waals surface area contributed by atoms with Gasteiger partial charge < -0.3 is 10.1 Å². The number of methoxy groups -OCH3 is 1. The monoisotopic (exact) mass is 355 g/mol. The van der Waals surface area contributed by atoms with Gasteiger partial charge >= 0.3 is 5.69 Å². The first-order valence-electron chi connectivity index (χ1n) is 7.61. The number of para-hydroxylation sites is 1. The molecular formula is C18H17N3O3S. The molecule has 0 saturated heterocycles. The maximum absolute atomic E-state index is 11.4. The maximum atomic E-state index is 11.4. The van der Waals surface area contributed by atoms with Crippen LogP contribution >= 0.6 is 11.8 Å². The van der Waals surface area contributed by atoms with Gasteiger partial charge in [-0.05, 0) is 30.0 Å². The summed E-state index contributed by atoms with van der Waals surface area (Å²) >= 11 is 1.67. The number of fused-ring (bicyclic) bond motifs is 1. The molecule has 0 saturated carbocycles. The van der Waals surface area contributed by atoms with Crippen molar-refractivity contribution in [2.45, 2.75) is 11.4 Å². The number of aromatic nitrogens is 1. The average molecular weight is 355 g/mol. The van der Waals surface area contributed by atoms with Gasteiger partial charge in [0.25, 0.3) is 0 Å². The molecule has 128 valence electrons. The number of anilines is 1. The minimum absolute atomic E-state index is 0.0542. The highest BCUT2D eigenvalue weighted by Crippen LogP contribution is 2.35. The molecule has 3 aromatic rings. The summed E-state index contributed by atoms with van der Waals surface area (Å²) in [5, 5.41) is 15.3. The summed E-state index contributed by atoms with van der Waals surface area (Å²) in [5.41, 5.74) is 2.03. The Hall–Kier alpha value is -2.80. The molecule has 0 atom stereocenters. The first kappa shape index (κ1) is 17.0. The molecule has 7 heteroatoms. The lowest BCUT2D eigenvalue weighted by Crippen LogP contribution is -2.04. The molecule has 0 spiro atoms. The standard InChI is InChI=1S/C18H17N3O3S/c1-24-16-5-3-4-14-17(15(21(22)23)11-20-18(14)16)19-10-12-6-8-13(25-2)9-7-12/h3-9,11H,10H2,1-2H3,(H,19,20). The fourth-order valence-corrected chi connectivity index (χ4v) is 3.02. The minimum Gasteiger partial charge on any atom is -0.494 e. The third-order valence-corrected chi connectivity index (χ3v) is 4.63. The van der Waals surface area contributed by atoms with E-state index < -0.39 is 4.92 Å². The highest BCUT2D eigenvalue weighted by molar-refractivity contribution is 7.98. The van der Waals surface area contributed by atoms with Gasteiger partial charge in [0.2, 0.25) is 0 Å². The molecule has 2 aromatic carbocycles. The highest BCUT2D eigenvalue weighted by atomic mass is 32.2. The summed E-state index contributed by atoms with van der Waals surface area (Å²) in [4.78, 5) is 16.4. The van der Waals surface area contributed by atoms with Crippen LogP contribution in [0.1, 0.15) is 5.56 Å². The van der Waals surface area contributed by atoms with Crippen LogP contribution in [-0.4, -0.2) is 23.3 Å². The number of benzene rings is 2. The summed E-state index contributed by atoms with van der Waals surface area (Å²) in [6, 6.07) is 13.5. The largest absolute Gasteiger partial charge is 0.494 e. The quantitative estimate of drug-likeness (QED) is 0.399. The Bertz CT molecular complexity index is 913. The Morgan fingerprint density at radius 1 is 1.24 bits per heavy atom. The number of hydrogen-bond acceptors (Lipinski definition) is 6. The summed E-state index contributed by atoms with van der Waals surface area (Å²) in [6.45, 7) is 0.478. The lowest BCUT2D eigenvalue weighted by atomic mass is 10.1. The molecule has 0 unspecified atom stereocenters. The molecule has 1 N–H and O–H groups in total. The average Bonchev–Trinajstić information content (AvgIpc) is 2.65. The van der Waals surface area contributed by atoms with E-state index in [0.717, 1.165) is 5.56 Å². The second-order valence-electron chi connectivity index (χ2n) is 5.33. The Morgan fingerprint density at radius 2 is 2.00 bits per heavy atom. The fourth-order valence-electron chi connectivity index (χ4n) is 2.61. The molecule has 1 heterocycles. The smallest absolute Gasteiger partial charge is 0.311 e. The molecule has 0 bridgehead atoms. The number of nitrogens with one attached hydrogen (secondary N) is 1. The van der Waals surface area contributed by atoms with E-state index in [1.165, 1.54) is 11.1 Å². The number of thioether (sulfide) groups is 1. The van der Waals surface area contributed by atoms with Gasteiger partial charge in [0.05, 0.1) is 12.0 Å². The van der Waals surface area contributed by atoms with E-state index in [-0.39, 0.29) is 5.69 Å². The van der Waals surface area contributed by atoms with Crippen molar-refractivity contribution in [2.24, 2.45) is 0 Å². The van der Waals surface area contributed by atoms with Gasteiger partial charge in [0, 0.05) is 16.8 Å². The van der Waals surface area contributed by atoms with E-state index in [2.05, 4.69) is 10.3 Å². The summed E-state index contributed by atoms with van der Waals surface area (Å²) in [6.07, 6.45) is 3.29. The zero-order valence-corrected chi connectivity index (χ0v) is 14.7. The van der Waals surface area contributed by atoms with E-state index in [9.17, 15) is 10.1 Å². The first-order valence-corrected chi connectivity index (χ1v) is 8.83. The Morgan fingerprint density at radius 3 is 2.64 bits per heavy atom. The molecule has 0 fully saturated rings. The molecule has 3 rings (SSSR count). The van der Waals surface area contributed by atoms with E-state index in [1.54, 1.807) is 37.1 Å². The predicted octanol–water partition coefficient (Wildman–Crippen LogP) is 4.49. The number of hydrogen-bond donors (Lipinski definition) is 1. The van der Waals surface area contributed by atoms with Crippen molar-refractivity contribution in [2.75, 3.05) is 18.7 Å². The zero-order chi connectivity index (χ0) is 17.8. The third-order valence-electron chi connectivity index (χ3n) is 3.89. The Kier molecular flexibility index (Phi) is 5.04. The van der Waals surface area contributed by atoms with Crippen molar-refractivity contribution in [3.05, 3.63) is 64.3 Å². The van der Waals surface area contributed by atoms with Crippen LogP contribution in [-0.2, 0) is 6.54 Å². The van der Waals surface area contributed by atoms with E-state index in [1.807, 2.05) is 30.5 Å². The van der Waals surface area contributed by atoms with Gasteiger partial charge in [-0.2, -0.15) is 0 Å². The lowest BCUT2D eigenvalue weighted by molar-refractivity contribution is -0.384. The fraction of sp³-hybridized carbons (Fsp3) is 0.167. The lowest BCUT2D eigenvalue weighted by Gasteiger charge is -2.12. The van der Waals surface area contributed by atoms with Crippen LogP contribution in [0.3, 0.4) is 0 Å². The zero-order valence-electron chi connectivity index (χ0n) is 13.9. The summed E-state index contributed by atoms with van der Waals surface area (Å²) in [5.74, 6) is 0.583. The van der Waals surface area contributed by atoms with Crippen LogP contribution in [0.25, 0.3) is 10.9 Å². The Balaban J connectivity index is 2.00. The first-order chi connectivity index (χ1) is 12.1. The number of ether oxygens (including phenoxy) is 1. The van der Waals surface area contributed by atoms with Gasteiger partial charge in [0.1, 0.15) is 23.2 Å². The van der Waals surface area contributed by atoms with E-state index in [0.29, 0.717) is 28.9 Å². The van der Waals surface area contributed by atoms with Crippen molar-refractivity contribution < 1.29 is 9.66 Å². The van der Waals surface area contributed by atoms with Gasteiger partial charge in [-0.25, -0.2) is 4.98 Å². The molecule has 0 amide bonds. The van der Waals surface area contributed by atoms with Crippen molar-refractivity contribution in [3.63, 3.8) is 0 Å². The third kappa shape index (κ3) is 3.51. The SMILES string of the molecule is COc1cccc2c(NCc3ccc(SC)cc3)c([N+](=O)[O-])cnc12. The molecule has 1 aromatic heterocycles. The summed E-state index contributed by atoms with van der Waals surface area (Å²) < 4.78 is 5.31. The van der Waals surface area contributed by atoms with Gasteiger partial charge in [-0.1, -0.05) is 24.3 Å². The van der Waals surface area contributed by atoms with Crippen LogP contribution < -0.4 is 10.1 Å². The van der Waals surface area contributed by atoms with Gasteiger partial charge in [0.15, 0.2) is 0 Å². The number of nitrogens with zero attached hydrogens (tertiary/aromatic N) is 2. The van der Waals surface area contributed by atoms with E-state index in [4.69, 9.17) is 4.74 Å². The number of nitro groups is 1. The van der Waals surface area contributed by atoms with Crippen LogP contribution in [0, 0.1) is 10.1 Å². The topological polar surface area (TPSA) is 77.3 Å². The minimum atomic E-state index is -0.426. The molecule has 0 aliphatic rings. The van der Waals surface area contributed by atoms with Crippen LogP contribution in [0.15, 0.2) is 53.6 Å². The van der Waals surface area contributed by atoms with Crippen molar-refractivity contribution in [1.29, 1.82) is 0 Å².